The summed E-state index contributed by atoms with van der Waals surface area (Å²) >= 11 is 0. The molecule has 2 N–H and O–H groups in total. The Kier molecular flexibility index (Phi) is 24.0. The number of rotatable bonds is 34. The molecule has 292 valence electrons. The molecule has 0 radical (unpaired) electrons. The van der Waals surface area contributed by atoms with E-state index >= 15 is 0 Å². The second kappa shape index (κ2) is 24.7. The minimum atomic E-state index is -2.25. The molecule has 2 unspecified atom stereocenters. The minimum absolute atomic E-state index is 0.0247. The summed E-state index contributed by atoms with van der Waals surface area (Å²) in [5.41, 5.74) is -2.25. The third-order valence-electron chi connectivity index (χ3n) is 8.42. The van der Waals surface area contributed by atoms with Gasteiger partial charge in [-0.2, -0.15) is 0 Å². The molecule has 0 rings (SSSR count). The zero-order chi connectivity index (χ0) is 37.5. The Morgan fingerprint density at radius 2 is 0.796 bits per heavy atom. The molecule has 2 atom stereocenters. The van der Waals surface area contributed by atoms with Crippen LogP contribution in [0.15, 0.2) is 0 Å². The van der Waals surface area contributed by atoms with Gasteiger partial charge >= 0.3 is 11.9 Å². The monoisotopic (exact) mass is 709 g/mol. The molecular weight excluding hydrogens is 636 g/mol. The van der Waals surface area contributed by atoms with E-state index in [1.807, 2.05) is 55.4 Å². The van der Waals surface area contributed by atoms with Crippen LogP contribution in [-0.2, 0) is 47.5 Å². The molecule has 0 aliphatic rings. The Bertz CT molecular complexity index is 819. The largest absolute Gasteiger partial charge is 0.481 e. The summed E-state index contributed by atoms with van der Waals surface area (Å²) in [5.74, 6) is -10.1. The van der Waals surface area contributed by atoms with Gasteiger partial charge in [0.2, 0.25) is 23.1 Å². The Labute approximate surface area is 297 Å². The molecule has 0 aromatic carbocycles. The maximum Gasteiger partial charge on any atom is 0.321 e. The van der Waals surface area contributed by atoms with Crippen molar-refractivity contribution in [1.29, 1.82) is 0 Å². The fourth-order valence-electron chi connectivity index (χ4n) is 6.42. The highest BCUT2D eigenvalue weighted by atomic mass is 16.8. The topological polar surface area (TPSA) is 148 Å². The third kappa shape index (κ3) is 11.8. The van der Waals surface area contributed by atoms with Gasteiger partial charge in [0.1, 0.15) is 0 Å². The molecule has 0 saturated carbocycles. The van der Waals surface area contributed by atoms with Gasteiger partial charge in [-0.1, -0.05) is 60.8 Å². The van der Waals surface area contributed by atoms with Crippen molar-refractivity contribution >= 4 is 11.9 Å². The van der Waals surface area contributed by atoms with Crippen molar-refractivity contribution in [2.24, 2.45) is 5.41 Å². The first-order chi connectivity index (χ1) is 23.3. The number of aliphatic carboxylic acids is 2. The SMILES string of the molecule is CCCOC(C)(OCC)C(OCCC)(OCCC)C(CCCCCCC(=O)O)(C(=O)O)C(OCCC)(OCCC)C(C)(OCC)OCCC. The average Bonchev–Trinajstić information content (AvgIpc) is 3.07. The van der Waals surface area contributed by atoms with E-state index < -0.39 is 40.5 Å². The van der Waals surface area contributed by atoms with Crippen LogP contribution in [0, 0.1) is 5.41 Å². The maximum atomic E-state index is 14.8. The van der Waals surface area contributed by atoms with Crippen molar-refractivity contribution < 1.29 is 57.7 Å². The Morgan fingerprint density at radius 3 is 1.08 bits per heavy atom. The van der Waals surface area contributed by atoms with Gasteiger partial charge in [-0.05, 0) is 79.1 Å². The van der Waals surface area contributed by atoms with Crippen LogP contribution in [0.3, 0.4) is 0 Å². The lowest BCUT2D eigenvalue weighted by Gasteiger charge is -2.62. The second-order valence-corrected chi connectivity index (χ2v) is 12.6. The number of unbranched alkanes of at least 4 members (excludes halogenated alkanes) is 3. The molecular formula is C37H72O12. The summed E-state index contributed by atoms with van der Waals surface area (Å²) in [5, 5.41) is 21.3. The van der Waals surface area contributed by atoms with Crippen molar-refractivity contribution in [3.63, 3.8) is 0 Å². The highest BCUT2D eigenvalue weighted by molar-refractivity contribution is 5.78. The van der Waals surface area contributed by atoms with Crippen LogP contribution in [-0.4, -0.2) is 98.2 Å². The number of ether oxygens (including phenoxy) is 8. The smallest absolute Gasteiger partial charge is 0.321 e. The fraction of sp³-hybridized carbons (Fsp3) is 0.946. The first-order valence-electron chi connectivity index (χ1n) is 18.9. The second-order valence-electron chi connectivity index (χ2n) is 12.6. The van der Waals surface area contributed by atoms with Crippen molar-refractivity contribution in [3.05, 3.63) is 0 Å². The maximum absolute atomic E-state index is 14.8. The van der Waals surface area contributed by atoms with Gasteiger partial charge < -0.3 is 48.1 Å². The number of carboxylic acids is 2. The van der Waals surface area contributed by atoms with E-state index in [-0.39, 0.29) is 65.7 Å². The zero-order valence-electron chi connectivity index (χ0n) is 32.6. The molecule has 0 saturated heterocycles. The van der Waals surface area contributed by atoms with E-state index in [4.69, 9.17) is 37.9 Å². The number of hydrogen-bond donors (Lipinski definition) is 2. The van der Waals surface area contributed by atoms with Gasteiger partial charge in [-0.25, -0.2) is 0 Å². The molecule has 12 heteroatoms. The number of hydrogen-bond acceptors (Lipinski definition) is 10. The molecule has 0 aliphatic heterocycles. The summed E-state index contributed by atoms with van der Waals surface area (Å²) in [7, 11) is 0. The van der Waals surface area contributed by atoms with Crippen molar-refractivity contribution in [3.8, 4) is 0 Å². The predicted molar refractivity (Wildman–Crippen MR) is 188 cm³/mol. The minimum Gasteiger partial charge on any atom is -0.481 e. The van der Waals surface area contributed by atoms with Gasteiger partial charge in [-0.3, -0.25) is 9.59 Å². The van der Waals surface area contributed by atoms with E-state index in [0.29, 0.717) is 64.2 Å². The fourth-order valence-corrected chi connectivity index (χ4v) is 6.42. The van der Waals surface area contributed by atoms with Crippen LogP contribution >= 0.6 is 0 Å². The van der Waals surface area contributed by atoms with E-state index in [9.17, 15) is 19.8 Å². The molecule has 0 fully saturated rings. The number of carbonyl (C=O) groups is 2. The van der Waals surface area contributed by atoms with Crippen LogP contribution in [0.1, 0.15) is 146 Å². The normalized spacial score (nSPS) is 16.2. The van der Waals surface area contributed by atoms with Gasteiger partial charge in [0.05, 0.1) is 26.4 Å². The lowest BCUT2D eigenvalue weighted by Crippen LogP contribution is -2.82. The summed E-state index contributed by atoms with van der Waals surface area (Å²) in [6.45, 7) is 19.8. The van der Waals surface area contributed by atoms with Gasteiger partial charge in [0.25, 0.3) is 0 Å². The lowest BCUT2D eigenvalue weighted by atomic mass is 9.62. The lowest BCUT2D eigenvalue weighted by molar-refractivity contribution is -0.507. The quantitative estimate of drug-likeness (QED) is 0.0494. The van der Waals surface area contributed by atoms with Gasteiger partial charge in [-0.15, -0.1) is 0 Å². The number of carboxylic acid groups (broad SMARTS) is 2. The van der Waals surface area contributed by atoms with E-state index in [2.05, 4.69) is 0 Å². The molecule has 0 aromatic rings. The van der Waals surface area contributed by atoms with E-state index in [1.54, 1.807) is 13.8 Å². The van der Waals surface area contributed by atoms with Gasteiger partial charge in [0, 0.05) is 32.8 Å². The molecule has 12 nitrogen and oxygen atoms in total. The van der Waals surface area contributed by atoms with Crippen LogP contribution in [0.5, 0.6) is 0 Å². The molecule has 49 heavy (non-hydrogen) atoms. The van der Waals surface area contributed by atoms with Crippen molar-refractivity contribution in [2.45, 2.75) is 169 Å². The van der Waals surface area contributed by atoms with Crippen molar-refractivity contribution in [2.75, 3.05) is 52.9 Å². The molecule has 0 aliphatic carbocycles. The standard InChI is InChI=1S/C37H72O12/c1-11-25-44-33(9,42-17-7)36(46-27-13-3,47-28-14-4)35(32(40)41,24-22-20-19-21-23-31(38)39)37(48-29-15-5,49-30-16-6)34(10,43-18-8)45-26-12-2/h11-30H2,1-10H3,(H,38,39)(H,40,41). The highest BCUT2D eigenvalue weighted by Gasteiger charge is 2.83. The summed E-state index contributed by atoms with van der Waals surface area (Å²) < 4.78 is 53.6. The van der Waals surface area contributed by atoms with E-state index in [1.165, 1.54) is 0 Å². The summed E-state index contributed by atoms with van der Waals surface area (Å²) in [4.78, 5) is 26.1. The Balaban J connectivity index is 8.69. The molecule has 0 spiro atoms. The summed E-state index contributed by atoms with van der Waals surface area (Å²) in [6, 6.07) is 0. The average molecular weight is 709 g/mol. The van der Waals surface area contributed by atoms with Crippen LogP contribution in [0.4, 0.5) is 0 Å². The van der Waals surface area contributed by atoms with Crippen LogP contribution in [0.25, 0.3) is 0 Å². The van der Waals surface area contributed by atoms with E-state index in [0.717, 1.165) is 0 Å². The first kappa shape index (κ1) is 47.6. The Hall–Kier alpha value is -1.38. The third-order valence-corrected chi connectivity index (χ3v) is 8.42. The molecule has 0 bridgehead atoms. The van der Waals surface area contributed by atoms with Crippen molar-refractivity contribution in [1.82, 2.24) is 0 Å². The molecule has 0 heterocycles. The molecule has 0 aromatic heterocycles. The zero-order valence-corrected chi connectivity index (χ0v) is 32.6. The Morgan fingerprint density at radius 1 is 0.469 bits per heavy atom. The highest BCUT2D eigenvalue weighted by Crippen LogP contribution is 2.61. The van der Waals surface area contributed by atoms with Gasteiger partial charge in [0.15, 0.2) is 5.41 Å². The van der Waals surface area contributed by atoms with Crippen LogP contribution < -0.4 is 0 Å². The molecule has 0 amide bonds. The first-order valence-corrected chi connectivity index (χ1v) is 18.9. The summed E-state index contributed by atoms with van der Waals surface area (Å²) in [6.07, 6.45) is 5.18. The predicted octanol–water partition coefficient (Wildman–Crippen LogP) is 7.94. The van der Waals surface area contributed by atoms with Crippen LogP contribution in [0.2, 0.25) is 0 Å².